The first-order chi connectivity index (χ1) is 11.6. The highest BCUT2D eigenvalue weighted by Crippen LogP contribution is 2.28. The molecule has 0 unspecified atom stereocenters. The summed E-state index contributed by atoms with van der Waals surface area (Å²) in [5, 5.41) is 15.8. The Kier molecular flexibility index (Phi) is 7.88. The second-order valence-corrected chi connectivity index (χ2v) is 7.98. The van der Waals surface area contributed by atoms with Gasteiger partial charge in [-0.2, -0.15) is 5.26 Å². The van der Waals surface area contributed by atoms with Crippen molar-refractivity contribution in [2.45, 2.75) is 91.0 Å². The largest absolute Gasteiger partial charge is 0.459 e. The van der Waals surface area contributed by atoms with E-state index in [0.29, 0.717) is 12.3 Å². The van der Waals surface area contributed by atoms with Crippen LogP contribution < -0.4 is 10.6 Å². The Balaban J connectivity index is 2.91. The van der Waals surface area contributed by atoms with E-state index in [9.17, 15) is 14.9 Å². The molecule has 25 heavy (non-hydrogen) atoms. The van der Waals surface area contributed by atoms with Crippen LogP contribution in [0.3, 0.4) is 0 Å². The summed E-state index contributed by atoms with van der Waals surface area (Å²) < 4.78 is 5.45. The summed E-state index contributed by atoms with van der Waals surface area (Å²) >= 11 is 0. The quantitative estimate of drug-likeness (QED) is 0.688. The van der Waals surface area contributed by atoms with Crippen molar-refractivity contribution in [1.82, 2.24) is 10.6 Å². The van der Waals surface area contributed by atoms with E-state index >= 15 is 0 Å². The van der Waals surface area contributed by atoms with Crippen LogP contribution in [0.1, 0.15) is 67.2 Å². The Morgan fingerprint density at radius 3 is 2.36 bits per heavy atom. The van der Waals surface area contributed by atoms with Gasteiger partial charge in [-0.1, -0.05) is 26.7 Å². The first kappa shape index (κ1) is 21.4. The van der Waals surface area contributed by atoms with Gasteiger partial charge in [0.1, 0.15) is 11.6 Å². The number of ether oxygens (including phenoxy) is 1. The molecule has 0 bridgehead atoms. The lowest BCUT2D eigenvalue weighted by Crippen LogP contribution is -2.52. The van der Waals surface area contributed by atoms with E-state index in [2.05, 4.69) is 30.6 Å². The zero-order valence-corrected chi connectivity index (χ0v) is 16.4. The van der Waals surface area contributed by atoms with Gasteiger partial charge >= 0.3 is 5.97 Å². The lowest BCUT2D eigenvalue weighted by Gasteiger charge is -2.30. The highest BCUT2D eigenvalue weighted by Gasteiger charge is 2.43. The molecule has 1 heterocycles. The van der Waals surface area contributed by atoms with Gasteiger partial charge in [0.15, 0.2) is 0 Å². The second kappa shape index (κ2) is 9.19. The van der Waals surface area contributed by atoms with Crippen LogP contribution in [0.25, 0.3) is 0 Å². The molecule has 1 aliphatic rings. The summed E-state index contributed by atoms with van der Waals surface area (Å²) in [5.41, 5.74) is -0.564. The average Bonchev–Trinajstić information content (AvgIpc) is 2.93. The van der Waals surface area contributed by atoms with E-state index in [1.165, 1.54) is 6.92 Å². The van der Waals surface area contributed by atoms with Crippen molar-refractivity contribution in [2.75, 3.05) is 0 Å². The number of nitrogens with one attached hydrogen (secondary N) is 2. The van der Waals surface area contributed by atoms with Crippen LogP contribution in [0.5, 0.6) is 0 Å². The number of carbonyl (C=O) groups excluding carboxylic acids is 2. The van der Waals surface area contributed by atoms with E-state index in [1.807, 2.05) is 20.8 Å². The smallest absolute Gasteiger partial charge is 0.323 e. The van der Waals surface area contributed by atoms with Gasteiger partial charge in [0.25, 0.3) is 0 Å². The molecule has 2 N–H and O–H groups in total. The van der Waals surface area contributed by atoms with Crippen molar-refractivity contribution in [3.63, 3.8) is 0 Å². The Bertz CT molecular complexity index is 503. The van der Waals surface area contributed by atoms with Crippen LogP contribution in [0.4, 0.5) is 0 Å². The predicted octanol–water partition coefficient (Wildman–Crippen LogP) is 2.53. The maximum Gasteiger partial charge on any atom is 0.323 e. The van der Waals surface area contributed by atoms with Gasteiger partial charge in [0.05, 0.1) is 12.0 Å². The van der Waals surface area contributed by atoms with E-state index in [-0.39, 0.29) is 29.9 Å². The zero-order chi connectivity index (χ0) is 19.2. The Morgan fingerprint density at radius 1 is 1.32 bits per heavy atom. The van der Waals surface area contributed by atoms with Crippen LogP contribution in [0.2, 0.25) is 0 Å². The topological polar surface area (TPSA) is 91.2 Å². The average molecular weight is 351 g/mol. The highest BCUT2D eigenvalue weighted by atomic mass is 16.6. The third-order valence-corrected chi connectivity index (χ3v) is 4.74. The first-order valence-corrected chi connectivity index (χ1v) is 9.26. The molecule has 0 saturated carbocycles. The zero-order valence-electron chi connectivity index (χ0n) is 16.4. The summed E-state index contributed by atoms with van der Waals surface area (Å²) in [5.74, 6) is -0.308. The lowest BCUT2D eigenvalue weighted by atomic mass is 9.86. The molecule has 1 amide bonds. The first-order valence-electron chi connectivity index (χ1n) is 9.26. The van der Waals surface area contributed by atoms with Gasteiger partial charge in [0.2, 0.25) is 5.91 Å². The van der Waals surface area contributed by atoms with E-state index in [4.69, 9.17) is 4.74 Å². The standard InChI is InChI=1S/C19H33N3O3/c1-7-13(8-2)9-15(21-12(3)23)17-14(11-20)10-16(22-17)18(24)25-19(4,5)6/h13-17,22H,7-10H2,1-6H3,(H,21,23)/t14-,15-,16+,17+/m0/s1. The minimum absolute atomic E-state index is 0.116. The molecule has 1 fully saturated rings. The van der Waals surface area contributed by atoms with Gasteiger partial charge in [-0.25, -0.2) is 0 Å². The number of esters is 1. The van der Waals surface area contributed by atoms with Gasteiger partial charge in [0, 0.05) is 19.0 Å². The summed E-state index contributed by atoms with van der Waals surface area (Å²) in [7, 11) is 0. The fourth-order valence-corrected chi connectivity index (χ4v) is 3.42. The highest BCUT2D eigenvalue weighted by molar-refractivity contribution is 5.77. The molecule has 4 atom stereocenters. The molecule has 0 aromatic heterocycles. The number of hydrogen-bond acceptors (Lipinski definition) is 5. The molecular weight excluding hydrogens is 318 g/mol. The van der Waals surface area contributed by atoms with Crippen molar-refractivity contribution >= 4 is 11.9 Å². The fourth-order valence-electron chi connectivity index (χ4n) is 3.42. The molecule has 0 aromatic rings. The number of nitriles is 1. The molecule has 1 aliphatic heterocycles. The molecule has 1 rings (SSSR count). The molecule has 6 nitrogen and oxygen atoms in total. The van der Waals surface area contributed by atoms with Gasteiger partial charge in [-0.05, 0) is 39.5 Å². The van der Waals surface area contributed by atoms with Gasteiger partial charge in [-0.15, -0.1) is 0 Å². The third kappa shape index (κ3) is 6.66. The van der Waals surface area contributed by atoms with E-state index < -0.39 is 11.6 Å². The number of rotatable bonds is 7. The number of hydrogen-bond donors (Lipinski definition) is 2. The van der Waals surface area contributed by atoms with E-state index in [1.54, 1.807) is 0 Å². The molecule has 0 aromatic carbocycles. The second-order valence-electron chi connectivity index (χ2n) is 7.98. The maximum atomic E-state index is 12.4. The van der Waals surface area contributed by atoms with Crippen LogP contribution in [0.15, 0.2) is 0 Å². The Labute approximate surface area is 151 Å². The minimum atomic E-state index is -0.564. The van der Waals surface area contributed by atoms with Crippen molar-refractivity contribution in [3.05, 3.63) is 0 Å². The monoisotopic (exact) mass is 351 g/mol. The molecule has 0 radical (unpaired) electrons. The van der Waals surface area contributed by atoms with Gasteiger partial charge in [-0.3, -0.25) is 14.9 Å². The predicted molar refractivity (Wildman–Crippen MR) is 96.6 cm³/mol. The SMILES string of the molecule is CCC(CC)C[C@H](NC(C)=O)[C@@H]1N[C@@H](C(=O)OC(C)(C)C)C[C@H]1C#N. The van der Waals surface area contributed by atoms with Crippen molar-refractivity contribution in [2.24, 2.45) is 11.8 Å². The minimum Gasteiger partial charge on any atom is -0.459 e. The Hall–Kier alpha value is -1.61. The molecule has 6 heteroatoms. The summed E-state index contributed by atoms with van der Waals surface area (Å²) in [4.78, 5) is 24.0. The lowest BCUT2D eigenvalue weighted by molar-refractivity contribution is -0.157. The molecule has 0 spiro atoms. The fraction of sp³-hybridized carbons (Fsp3) is 0.842. The van der Waals surface area contributed by atoms with Crippen LogP contribution in [-0.2, 0) is 14.3 Å². The third-order valence-electron chi connectivity index (χ3n) is 4.74. The molecule has 0 aliphatic carbocycles. The van der Waals surface area contributed by atoms with Crippen LogP contribution >= 0.6 is 0 Å². The van der Waals surface area contributed by atoms with Crippen LogP contribution in [0, 0.1) is 23.2 Å². The molecular formula is C19H33N3O3. The van der Waals surface area contributed by atoms with Crippen molar-refractivity contribution in [3.8, 4) is 6.07 Å². The summed E-state index contributed by atoms with van der Waals surface area (Å²) in [6.07, 6.45) is 3.25. The number of carbonyl (C=O) groups is 2. The number of nitrogens with zero attached hydrogens (tertiary/aromatic N) is 1. The summed E-state index contributed by atoms with van der Waals surface area (Å²) in [6.45, 7) is 11.2. The molecule has 1 saturated heterocycles. The maximum absolute atomic E-state index is 12.4. The summed E-state index contributed by atoms with van der Waals surface area (Å²) in [6, 6.07) is 1.38. The number of amides is 1. The molecule has 142 valence electrons. The normalized spacial score (nSPS) is 24.6. The van der Waals surface area contributed by atoms with Crippen LogP contribution in [-0.4, -0.2) is 35.6 Å². The Morgan fingerprint density at radius 2 is 1.92 bits per heavy atom. The van der Waals surface area contributed by atoms with Gasteiger partial charge < -0.3 is 10.1 Å². The van der Waals surface area contributed by atoms with Crippen molar-refractivity contribution in [1.29, 1.82) is 5.26 Å². The van der Waals surface area contributed by atoms with E-state index in [0.717, 1.165) is 19.3 Å². The van der Waals surface area contributed by atoms with Crippen molar-refractivity contribution < 1.29 is 14.3 Å².